The molecule has 5 nitrogen and oxygen atoms in total. The van der Waals surface area contributed by atoms with Crippen molar-refractivity contribution in [3.05, 3.63) is 64.6 Å². The number of hydrogen-bond acceptors (Lipinski definition) is 4. The number of nitrogens with one attached hydrogen (secondary N) is 1. The lowest BCUT2D eigenvalue weighted by molar-refractivity contribution is 0.0697. The number of anilines is 2. The number of aromatic nitrogens is 1. The molecule has 0 aliphatic carbocycles. The number of aromatic carboxylic acids is 1. The highest BCUT2D eigenvalue weighted by atomic mass is 35.5. The summed E-state index contributed by atoms with van der Waals surface area (Å²) in [5, 5.41) is 12.0. The van der Waals surface area contributed by atoms with E-state index in [1.807, 2.05) is 0 Å². The van der Waals surface area contributed by atoms with Crippen LogP contribution in [-0.4, -0.2) is 16.1 Å². The molecule has 0 amide bonds. The van der Waals surface area contributed by atoms with Gasteiger partial charge in [0.15, 0.2) is 5.76 Å². The van der Waals surface area contributed by atoms with E-state index in [4.69, 9.17) is 21.1 Å². The molecule has 0 saturated heterocycles. The smallest absolute Gasteiger partial charge is 0.337 e. The Kier molecular flexibility index (Phi) is 4.22. The fourth-order valence-corrected chi connectivity index (χ4v) is 2.50. The zero-order chi connectivity index (χ0) is 17.3. The predicted octanol–water partition coefficient (Wildman–Crippen LogP) is 4.88. The van der Waals surface area contributed by atoms with Gasteiger partial charge >= 0.3 is 5.97 Å². The largest absolute Gasteiger partial charge is 0.478 e. The van der Waals surface area contributed by atoms with Crippen LogP contribution in [-0.2, 0) is 0 Å². The monoisotopic (exact) mass is 346 g/mol. The number of oxazole rings is 1. The van der Waals surface area contributed by atoms with Gasteiger partial charge < -0.3 is 14.8 Å². The van der Waals surface area contributed by atoms with Crippen LogP contribution in [0.15, 0.2) is 47.0 Å². The fourth-order valence-electron chi connectivity index (χ4n) is 2.24. The van der Waals surface area contributed by atoms with E-state index >= 15 is 0 Å². The highest BCUT2D eigenvalue weighted by Crippen LogP contribution is 2.28. The first-order chi connectivity index (χ1) is 11.4. The molecule has 0 aliphatic heterocycles. The summed E-state index contributed by atoms with van der Waals surface area (Å²) in [5.41, 5.74) is 1.87. The average molecular weight is 347 g/mol. The van der Waals surface area contributed by atoms with Crippen molar-refractivity contribution in [1.29, 1.82) is 0 Å². The van der Waals surface area contributed by atoms with Crippen molar-refractivity contribution in [2.24, 2.45) is 0 Å². The summed E-state index contributed by atoms with van der Waals surface area (Å²) in [7, 11) is 0. The van der Waals surface area contributed by atoms with Gasteiger partial charge in [-0.2, -0.15) is 0 Å². The fraction of sp³-hybridized carbons (Fsp3) is 0.0588. The molecule has 1 aromatic heterocycles. The van der Waals surface area contributed by atoms with Crippen LogP contribution >= 0.6 is 11.6 Å². The molecule has 7 heteroatoms. The van der Waals surface area contributed by atoms with Crippen LogP contribution < -0.4 is 5.32 Å². The van der Waals surface area contributed by atoms with Crippen LogP contribution in [0, 0.1) is 12.7 Å². The van der Waals surface area contributed by atoms with E-state index in [2.05, 4.69) is 10.3 Å². The van der Waals surface area contributed by atoms with Crippen LogP contribution in [0.1, 0.15) is 15.9 Å². The number of nitrogens with zero attached hydrogens (tertiary/aromatic N) is 1. The molecule has 0 fully saturated rings. The molecule has 0 bridgehead atoms. The molecule has 3 aromatic rings. The average Bonchev–Trinajstić information content (AvgIpc) is 2.94. The van der Waals surface area contributed by atoms with E-state index in [-0.39, 0.29) is 22.4 Å². The van der Waals surface area contributed by atoms with E-state index in [1.54, 1.807) is 19.1 Å². The highest BCUT2D eigenvalue weighted by Gasteiger charge is 2.12. The Morgan fingerprint density at radius 1 is 1.29 bits per heavy atom. The molecule has 2 aromatic carbocycles. The van der Waals surface area contributed by atoms with Gasteiger partial charge in [0, 0.05) is 11.3 Å². The third-order valence-corrected chi connectivity index (χ3v) is 3.60. The Labute approximate surface area is 141 Å². The summed E-state index contributed by atoms with van der Waals surface area (Å²) in [6.07, 6.45) is 1.47. The van der Waals surface area contributed by atoms with Gasteiger partial charge in [0.05, 0.1) is 16.8 Å². The van der Waals surface area contributed by atoms with E-state index < -0.39 is 5.97 Å². The van der Waals surface area contributed by atoms with Crippen LogP contribution in [0.5, 0.6) is 0 Å². The second-order valence-corrected chi connectivity index (χ2v) is 5.58. The third-order valence-electron chi connectivity index (χ3n) is 3.28. The summed E-state index contributed by atoms with van der Waals surface area (Å²) < 4.78 is 19.0. The van der Waals surface area contributed by atoms with Gasteiger partial charge in [-0.3, -0.25) is 0 Å². The summed E-state index contributed by atoms with van der Waals surface area (Å²) in [4.78, 5) is 15.0. The number of carboxylic acid groups (broad SMARTS) is 1. The Morgan fingerprint density at radius 2 is 2.08 bits per heavy atom. The third kappa shape index (κ3) is 3.38. The second kappa shape index (κ2) is 6.33. The van der Waals surface area contributed by atoms with Gasteiger partial charge in [0.25, 0.3) is 6.01 Å². The zero-order valence-electron chi connectivity index (χ0n) is 12.5. The predicted molar refractivity (Wildman–Crippen MR) is 88.3 cm³/mol. The van der Waals surface area contributed by atoms with E-state index in [0.29, 0.717) is 17.0 Å². The number of aryl methyl sites for hydroxylation is 1. The molecule has 3 rings (SSSR count). The molecule has 0 radical (unpaired) electrons. The van der Waals surface area contributed by atoms with Crippen LogP contribution in [0.25, 0.3) is 11.3 Å². The Balaban J connectivity index is 1.85. The maximum Gasteiger partial charge on any atom is 0.337 e. The van der Waals surface area contributed by atoms with Gasteiger partial charge in [0.1, 0.15) is 5.82 Å². The number of rotatable bonds is 4. The number of benzene rings is 2. The van der Waals surface area contributed by atoms with Crippen LogP contribution in [0.3, 0.4) is 0 Å². The van der Waals surface area contributed by atoms with Crippen LogP contribution in [0.4, 0.5) is 16.1 Å². The minimum Gasteiger partial charge on any atom is -0.478 e. The summed E-state index contributed by atoms with van der Waals surface area (Å²) in [6.45, 7) is 1.78. The number of halogens is 2. The Bertz CT molecular complexity index is 904. The van der Waals surface area contributed by atoms with E-state index in [0.717, 1.165) is 5.56 Å². The van der Waals surface area contributed by atoms with Gasteiger partial charge in [-0.05, 0) is 42.8 Å². The van der Waals surface area contributed by atoms with Gasteiger partial charge in [-0.15, -0.1) is 0 Å². The molecule has 0 spiro atoms. The van der Waals surface area contributed by atoms with E-state index in [1.165, 1.54) is 30.5 Å². The molecule has 0 saturated carbocycles. The standard InChI is InChI=1S/C17H12ClFN2O3/c1-9-4-11(19)7-12(5-9)21-17-20-8-15(24-17)10-2-3-13(16(22)23)14(18)6-10/h2-8H,1H3,(H,20,21)(H,22,23). The number of carbonyl (C=O) groups is 1. The van der Waals surface area contributed by atoms with E-state index in [9.17, 15) is 9.18 Å². The summed E-state index contributed by atoms with van der Waals surface area (Å²) in [6, 6.07) is 9.14. The van der Waals surface area contributed by atoms with Crippen molar-refractivity contribution in [2.75, 3.05) is 5.32 Å². The molecular weight excluding hydrogens is 335 g/mol. The van der Waals surface area contributed by atoms with Gasteiger partial charge in [-0.1, -0.05) is 17.7 Å². The molecular formula is C17H12ClFN2O3. The Morgan fingerprint density at radius 3 is 2.75 bits per heavy atom. The lowest BCUT2D eigenvalue weighted by atomic mass is 10.1. The molecule has 0 aliphatic rings. The SMILES string of the molecule is Cc1cc(F)cc(Nc2ncc(-c3ccc(C(=O)O)c(Cl)c3)o2)c1. The van der Waals surface area contributed by atoms with Crippen LogP contribution in [0.2, 0.25) is 5.02 Å². The number of carboxylic acids is 1. The molecule has 0 atom stereocenters. The van der Waals surface area contributed by atoms with Crippen molar-refractivity contribution >= 4 is 29.3 Å². The zero-order valence-corrected chi connectivity index (χ0v) is 13.3. The maximum absolute atomic E-state index is 13.4. The van der Waals surface area contributed by atoms with Gasteiger partial charge in [0.2, 0.25) is 0 Å². The minimum atomic E-state index is -1.10. The molecule has 24 heavy (non-hydrogen) atoms. The van der Waals surface area contributed by atoms with Crippen molar-refractivity contribution < 1.29 is 18.7 Å². The minimum absolute atomic E-state index is 0.00789. The molecule has 2 N–H and O–H groups in total. The normalized spacial score (nSPS) is 10.6. The Hall–Kier alpha value is -2.86. The first kappa shape index (κ1) is 16.0. The second-order valence-electron chi connectivity index (χ2n) is 5.17. The van der Waals surface area contributed by atoms with Gasteiger partial charge in [-0.25, -0.2) is 14.2 Å². The number of hydrogen-bond donors (Lipinski definition) is 2. The summed E-state index contributed by atoms with van der Waals surface area (Å²) in [5.74, 6) is -1.06. The maximum atomic E-state index is 13.4. The lowest BCUT2D eigenvalue weighted by Crippen LogP contribution is -1.96. The first-order valence-electron chi connectivity index (χ1n) is 6.95. The van der Waals surface area contributed by atoms with Crippen molar-refractivity contribution in [2.45, 2.75) is 6.92 Å². The topological polar surface area (TPSA) is 75.4 Å². The van der Waals surface area contributed by atoms with Crippen molar-refractivity contribution in [3.63, 3.8) is 0 Å². The van der Waals surface area contributed by atoms with Crippen molar-refractivity contribution in [3.8, 4) is 11.3 Å². The first-order valence-corrected chi connectivity index (χ1v) is 7.33. The summed E-state index contributed by atoms with van der Waals surface area (Å²) >= 11 is 5.95. The molecule has 0 unspecified atom stereocenters. The molecule has 1 heterocycles. The molecule has 122 valence electrons. The van der Waals surface area contributed by atoms with Crippen molar-refractivity contribution in [1.82, 2.24) is 4.98 Å². The highest BCUT2D eigenvalue weighted by molar-refractivity contribution is 6.33. The quantitative estimate of drug-likeness (QED) is 0.703. The lowest BCUT2D eigenvalue weighted by Gasteiger charge is -2.04.